The molecule has 1 fully saturated rings. The second kappa shape index (κ2) is 6.80. The van der Waals surface area contributed by atoms with Gasteiger partial charge in [-0.2, -0.15) is 0 Å². The molecule has 0 unspecified atom stereocenters. The van der Waals surface area contributed by atoms with Gasteiger partial charge in [-0.15, -0.1) is 0 Å². The van der Waals surface area contributed by atoms with E-state index in [2.05, 4.69) is 10.3 Å². The van der Waals surface area contributed by atoms with Crippen LogP contribution < -0.4 is 5.32 Å². The van der Waals surface area contributed by atoms with E-state index in [4.69, 9.17) is 0 Å². The number of thiazole rings is 1. The molecule has 8 heteroatoms. The molecule has 2 aromatic rings. The van der Waals surface area contributed by atoms with Crippen LogP contribution in [0.2, 0.25) is 0 Å². The van der Waals surface area contributed by atoms with Crippen LogP contribution in [0.5, 0.6) is 0 Å². The summed E-state index contributed by atoms with van der Waals surface area (Å²) in [4.78, 5) is 30.0. The molecule has 2 heterocycles. The van der Waals surface area contributed by atoms with Gasteiger partial charge >= 0.3 is 0 Å². The maximum Gasteiger partial charge on any atom is 0.231 e. The summed E-state index contributed by atoms with van der Waals surface area (Å²) in [5, 5.41) is 3.01. The van der Waals surface area contributed by atoms with Gasteiger partial charge in [-0.05, 0) is 18.9 Å². The number of aromatic nitrogens is 1. The highest BCUT2D eigenvalue weighted by atomic mass is 32.1. The number of piperidine rings is 1. The summed E-state index contributed by atoms with van der Waals surface area (Å²) < 4.78 is 26.9. The summed E-state index contributed by atoms with van der Waals surface area (Å²) in [5.41, 5.74) is 0.306. The van der Waals surface area contributed by atoms with Gasteiger partial charge in [0, 0.05) is 25.6 Å². The zero-order chi connectivity index (χ0) is 17.3. The number of rotatable bonds is 3. The molecular weight excluding hydrogens is 336 g/mol. The second-order valence-electron chi connectivity index (χ2n) is 5.77. The Bertz CT molecular complexity index is 754. The van der Waals surface area contributed by atoms with Crippen LogP contribution in [0, 0.1) is 17.6 Å². The van der Waals surface area contributed by atoms with Crippen molar-refractivity contribution >= 4 is 38.5 Å². The highest BCUT2D eigenvalue weighted by molar-refractivity contribution is 7.22. The molecule has 1 saturated heterocycles. The lowest BCUT2D eigenvalue weighted by atomic mass is 9.97. The van der Waals surface area contributed by atoms with Gasteiger partial charge in [0.15, 0.2) is 16.8 Å². The second-order valence-corrected chi connectivity index (χ2v) is 6.81. The maximum atomic E-state index is 13.2. The number of nitrogens with zero attached hydrogens (tertiary/aromatic N) is 2. The monoisotopic (exact) mass is 353 g/mol. The maximum absolute atomic E-state index is 13.2. The number of fused-ring (bicyclic) bond motifs is 1. The Morgan fingerprint density at radius 2 is 2.12 bits per heavy atom. The molecule has 2 amide bonds. The van der Waals surface area contributed by atoms with Crippen molar-refractivity contribution in [2.24, 2.45) is 5.92 Å². The molecular formula is C16H17F2N3O2S. The lowest BCUT2D eigenvalue weighted by Gasteiger charge is -2.31. The summed E-state index contributed by atoms with van der Waals surface area (Å²) in [7, 11) is 0. The number of hydrogen-bond acceptors (Lipinski definition) is 4. The van der Waals surface area contributed by atoms with Crippen LogP contribution in [-0.4, -0.2) is 34.8 Å². The van der Waals surface area contributed by atoms with Gasteiger partial charge in [0.2, 0.25) is 11.8 Å². The fourth-order valence-corrected chi connectivity index (χ4v) is 3.70. The van der Waals surface area contributed by atoms with Crippen LogP contribution in [-0.2, 0) is 9.59 Å². The first-order valence-corrected chi connectivity index (χ1v) is 8.63. The minimum atomic E-state index is -0.966. The van der Waals surface area contributed by atoms with Gasteiger partial charge in [0.05, 0.1) is 16.1 Å². The van der Waals surface area contributed by atoms with Crippen LogP contribution in [0.3, 0.4) is 0 Å². The van der Waals surface area contributed by atoms with Crippen molar-refractivity contribution in [3.63, 3.8) is 0 Å². The Labute approximate surface area is 141 Å². The van der Waals surface area contributed by atoms with Gasteiger partial charge in [0.1, 0.15) is 0 Å². The Hall–Kier alpha value is -2.09. The zero-order valence-corrected chi connectivity index (χ0v) is 14.0. The Balaban J connectivity index is 1.71. The molecule has 1 aromatic carbocycles. The van der Waals surface area contributed by atoms with Gasteiger partial charge in [-0.25, -0.2) is 13.8 Å². The van der Waals surface area contributed by atoms with Crippen molar-refractivity contribution in [2.45, 2.75) is 26.2 Å². The van der Waals surface area contributed by atoms with Crippen LogP contribution in [0.1, 0.15) is 26.2 Å². The van der Waals surface area contributed by atoms with Gasteiger partial charge in [0.25, 0.3) is 0 Å². The normalized spacial score (nSPS) is 18.0. The van der Waals surface area contributed by atoms with Crippen LogP contribution in [0.4, 0.5) is 13.9 Å². The van der Waals surface area contributed by atoms with Crippen LogP contribution in [0.15, 0.2) is 12.1 Å². The number of nitrogens with one attached hydrogen (secondary N) is 1. The van der Waals surface area contributed by atoms with Crippen molar-refractivity contribution in [2.75, 3.05) is 18.4 Å². The predicted molar refractivity (Wildman–Crippen MR) is 87.8 cm³/mol. The minimum Gasteiger partial charge on any atom is -0.342 e. The number of amides is 2. The average Bonchev–Trinajstić information content (AvgIpc) is 2.95. The summed E-state index contributed by atoms with van der Waals surface area (Å²) in [6.07, 6.45) is 1.90. The first kappa shape index (κ1) is 16.8. The molecule has 0 spiro atoms. The molecule has 1 aliphatic rings. The zero-order valence-electron chi connectivity index (χ0n) is 13.1. The summed E-state index contributed by atoms with van der Waals surface area (Å²) in [6, 6.07) is 2.08. The lowest BCUT2D eigenvalue weighted by Crippen LogP contribution is -2.43. The van der Waals surface area contributed by atoms with E-state index in [0.717, 1.165) is 29.9 Å². The molecule has 128 valence electrons. The first-order valence-electron chi connectivity index (χ1n) is 7.82. The van der Waals surface area contributed by atoms with E-state index < -0.39 is 11.6 Å². The smallest absolute Gasteiger partial charge is 0.231 e. The third-order valence-electron chi connectivity index (χ3n) is 4.11. The third kappa shape index (κ3) is 3.38. The van der Waals surface area contributed by atoms with Crippen molar-refractivity contribution in [3.05, 3.63) is 23.8 Å². The molecule has 0 bridgehead atoms. The van der Waals surface area contributed by atoms with Crippen molar-refractivity contribution in [1.29, 1.82) is 0 Å². The molecule has 0 aliphatic carbocycles. The molecule has 0 saturated carbocycles. The minimum absolute atomic E-state index is 0.0402. The van der Waals surface area contributed by atoms with E-state index >= 15 is 0 Å². The number of carbonyl (C=O) groups is 2. The Kier molecular flexibility index (Phi) is 4.75. The number of benzene rings is 1. The average molecular weight is 353 g/mol. The SMILES string of the molecule is CCC(=O)N1CCC[C@H](C(=O)Nc2nc3cc(F)c(F)cc3s2)C1. The van der Waals surface area contributed by atoms with E-state index in [1.165, 1.54) is 0 Å². The summed E-state index contributed by atoms with van der Waals surface area (Å²) in [5.74, 6) is -2.38. The Morgan fingerprint density at radius 1 is 1.38 bits per heavy atom. The summed E-state index contributed by atoms with van der Waals surface area (Å²) in [6.45, 7) is 2.87. The number of hydrogen-bond donors (Lipinski definition) is 1. The molecule has 1 atom stereocenters. The van der Waals surface area contributed by atoms with Gasteiger partial charge < -0.3 is 10.2 Å². The summed E-state index contributed by atoms with van der Waals surface area (Å²) >= 11 is 1.09. The van der Waals surface area contributed by atoms with Crippen molar-refractivity contribution in [1.82, 2.24) is 9.88 Å². The number of anilines is 1. The van der Waals surface area contributed by atoms with Gasteiger partial charge in [-0.1, -0.05) is 18.3 Å². The number of halogens is 2. The molecule has 1 aliphatic heterocycles. The Morgan fingerprint density at radius 3 is 2.88 bits per heavy atom. The topological polar surface area (TPSA) is 62.3 Å². The molecule has 24 heavy (non-hydrogen) atoms. The van der Waals surface area contributed by atoms with E-state index in [1.807, 2.05) is 0 Å². The third-order valence-corrected chi connectivity index (χ3v) is 5.04. The molecule has 0 radical (unpaired) electrons. The highest BCUT2D eigenvalue weighted by Crippen LogP contribution is 2.28. The quantitative estimate of drug-likeness (QED) is 0.922. The van der Waals surface area contributed by atoms with E-state index in [0.29, 0.717) is 41.3 Å². The number of likely N-dealkylation sites (tertiary alicyclic amines) is 1. The standard InChI is InChI=1S/C16H17F2N3O2S/c1-2-14(22)21-5-3-4-9(8-21)15(23)20-16-19-12-6-10(17)11(18)7-13(12)24-16/h6-7,9H,2-5,8H2,1H3,(H,19,20,23)/t9-/m0/s1. The van der Waals surface area contributed by atoms with Crippen LogP contribution >= 0.6 is 11.3 Å². The lowest BCUT2D eigenvalue weighted by molar-refractivity contribution is -0.134. The van der Waals surface area contributed by atoms with E-state index in [1.54, 1.807) is 11.8 Å². The van der Waals surface area contributed by atoms with Crippen molar-refractivity contribution in [3.8, 4) is 0 Å². The first-order chi connectivity index (χ1) is 11.5. The predicted octanol–water partition coefficient (Wildman–Crippen LogP) is 3.16. The molecule has 5 nitrogen and oxygen atoms in total. The van der Waals surface area contributed by atoms with Crippen molar-refractivity contribution < 1.29 is 18.4 Å². The van der Waals surface area contributed by atoms with Crippen LogP contribution in [0.25, 0.3) is 10.2 Å². The molecule has 3 rings (SSSR count). The van der Waals surface area contributed by atoms with E-state index in [-0.39, 0.29) is 17.7 Å². The molecule has 1 aromatic heterocycles. The number of carbonyl (C=O) groups excluding carboxylic acids is 2. The molecule has 1 N–H and O–H groups in total. The van der Waals surface area contributed by atoms with E-state index in [9.17, 15) is 18.4 Å². The largest absolute Gasteiger partial charge is 0.342 e. The van der Waals surface area contributed by atoms with Gasteiger partial charge in [-0.3, -0.25) is 9.59 Å². The fraction of sp³-hybridized carbons (Fsp3) is 0.438. The fourth-order valence-electron chi connectivity index (χ4n) is 2.83. The highest BCUT2D eigenvalue weighted by Gasteiger charge is 2.28.